The first-order valence-electron chi connectivity index (χ1n) is 6.21. The number of aromatic nitrogens is 1. The molecule has 1 fully saturated rings. The molecule has 3 nitrogen and oxygen atoms in total. The fourth-order valence-corrected chi connectivity index (χ4v) is 2.68. The molecule has 1 aliphatic carbocycles. The molecule has 0 saturated carbocycles. The number of pyridine rings is 1. The molecule has 0 unspecified atom stereocenters. The maximum atomic E-state index is 5.33. The second kappa shape index (κ2) is 4.15. The molecular weight excluding hydrogens is 212 g/mol. The van der Waals surface area contributed by atoms with Crippen molar-refractivity contribution in [3.05, 3.63) is 29.6 Å². The van der Waals surface area contributed by atoms with Crippen molar-refractivity contribution in [2.75, 3.05) is 13.7 Å². The Morgan fingerprint density at radius 3 is 3.00 bits per heavy atom. The number of nitrogens with one attached hydrogen (secondary N) is 1. The van der Waals surface area contributed by atoms with Crippen molar-refractivity contribution in [2.24, 2.45) is 5.92 Å². The summed E-state index contributed by atoms with van der Waals surface area (Å²) in [5.74, 6) is 1.74. The molecule has 0 spiro atoms. The third-order valence-corrected chi connectivity index (χ3v) is 3.95. The van der Waals surface area contributed by atoms with Gasteiger partial charge in [0.05, 0.1) is 12.8 Å². The summed E-state index contributed by atoms with van der Waals surface area (Å²) in [6.45, 7) is 3.16. The van der Waals surface area contributed by atoms with Crippen LogP contribution in [0.3, 0.4) is 0 Å². The van der Waals surface area contributed by atoms with Crippen LogP contribution in [-0.4, -0.2) is 24.7 Å². The normalized spacial score (nSPS) is 26.8. The average molecular weight is 230 g/mol. The van der Waals surface area contributed by atoms with Crippen molar-refractivity contribution in [1.82, 2.24) is 10.3 Å². The Labute approximate surface area is 102 Å². The second-order valence-corrected chi connectivity index (χ2v) is 4.96. The summed E-state index contributed by atoms with van der Waals surface area (Å²) in [6.07, 6.45) is 6.65. The molecule has 1 aliphatic heterocycles. The number of nitrogens with zero attached hydrogens (tertiary/aromatic N) is 1. The van der Waals surface area contributed by atoms with Gasteiger partial charge in [0.15, 0.2) is 0 Å². The highest BCUT2D eigenvalue weighted by Gasteiger charge is 2.33. The van der Waals surface area contributed by atoms with Crippen LogP contribution in [0.5, 0.6) is 5.75 Å². The summed E-state index contributed by atoms with van der Waals surface area (Å²) in [4.78, 5) is 4.40. The van der Waals surface area contributed by atoms with Crippen LogP contribution in [-0.2, 0) is 0 Å². The van der Waals surface area contributed by atoms with Gasteiger partial charge in [-0.3, -0.25) is 4.98 Å². The van der Waals surface area contributed by atoms with Crippen LogP contribution in [0, 0.1) is 12.8 Å². The Morgan fingerprint density at radius 1 is 1.47 bits per heavy atom. The maximum Gasteiger partial charge on any atom is 0.140 e. The van der Waals surface area contributed by atoms with Crippen LogP contribution in [0.15, 0.2) is 18.3 Å². The first-order chi connectivity index (χ1) is 8.28. The van der Waals surface area contributed by atoms with Gasteiger partial charge in [-0.2, -0.15) is 0 Å². The van der Waals surface area contributed by atoms with E-state index in [-0.39, 0.29) is 0 Å². The molecule has 1 aromatic rings. The van der Waals surface area contributed by atoms with E-state index in [0.717, 1.165) is 23.8 Å². The minimum absolute atomic E-state index is 0.683. The molecule has 90 valence electrons. The third-order valence-electron chi connectivity index (χ3n) is 3.95. The van der Waals surface area contributed by atoms with E-state index in [0.29, 0.717) is 6.04 Å². The number of hydrogen-bond donors (Lipinski definition) is 1. The van der Waals surface area contributed by atoms with Crippen LogP contribution in [0.2, 0.25) is 0 Å². The Balaban J connectivity index is 1.88. The van der Waals surface area contributed by atoms with E-state index >= 15 is 0 Å². The van der Waals surface area contributed by atoms with Gasteiger partial charge in [-0.25, -0.2) is 0 Å². The molecule has 2 heterocycles. The van der Waals surface area contributed by atoms with Crippen molar-refractivity contribution >= 4 is 5.57 Å². The van der Waals surface area contributed by atoms with Crippen molar-refractivity contribution in [3.8, 4) is 5.75 Å². The molecule has 17 heavy (non-hydrogen) atoms. The lowest BCUT2D eigenvalue weighted by Crippen LogP contribution is -2.53. The predicted molar refractivity (Wildman–Crippen MR) is 68.0 cm³/mol. The summed E-state index contributed by atoms with van der Waals surface area (Å²) in [5.41, 5.74) is 3.57. The third kappa shape index (κ3) is 1.84. The van der Waals surface area contributed by atoms with Gasteiger partial charge in [0, 0.05) is 18.8 Å². The van der Waals surface area contributed by atoms with Gasteiger partial charge < -0.3 is 10.1 Å². The van der Waals surface area contributed by atoms with E-state index in [2.05, 4.69) is 22.4 Å². The molecular formula is C14H18N2O. The monoisotopic (exact) mass is 230 g/mol. The summed E-state index contributed by atoms with van der Waals surface area (Å²) in [5, 5.41) is 3.49. The Kier molecular flexibility index (Phi) is 2.63. The lowest BCUT2D eigenvalue weighted by Gasteiger charge is -2.41. The van der Waals surface area contributed by atoms with E-state index in [1.54, 1.807) is 7.11 Å². The molecule has 2 atom stereocenters. The fraction of sp³-hybridized carbons (Fsp3) is 0.500. The molecule has 0 radical (unpaired) electrons. The lowest BCUT2D eigenvalue weighted by molar-refractivity contribution is 0.230. The molecule has 1 N–H and O–H groups in total. The van der Waals surface area contributed by atoms with E-state index in [4.69, 9.17) is 4.74 Å². The number of ether oxygens (including phenoxy) is 1. The zero-order valence-corrected chi connectivity index (χ0v) is 10.4. The van der Waals surface area contributed by atoms with Crippen molar-refractivity contribution in [2.45, 2.75) is 25.8 Å². The van der Waals surface area contributed by atoms with Crippen LogP contribution in [0.25, 0.3) is 5.57 Å². The largest absolute Gasteiger partial charge is 0.495 e. The number of methoxy groups -OCH3 is 1. The highest BCUT2D eigenvalue weighted by Crippen LogP contribution is 2.35. The zero-order valence-electron chi connectivity index (χ0n) is 10.4. The molecule has 1 saturated heterocycles. The summed E-state index contributed by atoms with van der Waals surface area (Å²) in [6, 6.07) is 2.79. The Hall–Kier alpha value is -1.35. The van der Waals surface area contributed by atoms with Crippen molar-refractivity contribution in [3.63, 3.8) is 0 Å². The minimum atomic E-state index is 0.683. The highest BCUT2D eigenvalue weighted by molar-refractivity contribution is 5.68. The number of allylic oxidation sites excluding steroid dienone is 1. The average Bonchev–Trinajstić information content (AvgIpc) is 2.32. The number of hydrogen-bond acceptors (Lipinski definition) is 3. The van der Waals surface area contributed by atoms with Gasteiger partial charge >= 0.3 is 0 Å². The SMILES string of the molecule is COc1cc(C2=CC[C@H]3CN[C@H]3C2)cnc1C. The van der Waals surface area contributed by atoms with Gasteiger partial charge in [-0.15, -0.1) is 0 Å². The Morgan fingerprint density at radius 2 is 2.35 bits per heavy atom. The van der Waals surface area contributed by atoms with Crippen LogP contribution >= 0.6 is 0 Å². The molecule has 0 aromatic carbocycles. The van der Waals surface area contributed by atoms with Gasteiger partial charge in [0.25, 0.3) is 0 Å². The number of fused-ring (bicyclic) bond motifs is 1. The topological polar surface area (TPSA) is 34.1 Å². The number of rotatable bonds is 2. The fourth-order valence-electron chi connectivity index (χ4n) is 2.68. The smallest absolute Gasteiger partial charge is 0.140 e. The van der Waals surface area contributed by atoms with Crippen LogP contribution in [0.4, 0.5) is 0 Å². The summed E-state index contributed by atoms with van der Waals surface area (Å²) in [7, 11) is 1.70. The quantitative estimate of drug-likeness (QED) is 0.845. The van der Waals surface area contributed by atoms with Gasteiger partial charge in [-0.05, 0) is 42.9 Å². The van der Waals surface area contributed by atoms with E-state index in [9.17, 15) is 0 Å². The zero-order chi connectivity index (χ0) is 11.8. The number of aryl methyl sites for hydroxylation is 1. The van der Waals surface area contributed by atoms with Gasteiger partial charge in [-0.1, -0.05) is 6.08 Å². The van der Waals surface area contributed by atoms with Crippen LogP contribution in [0.1, 0.15) is 24.1 Å². The molecule has 2 aliphatic rings. The first kappa shape index (κ1) is 10.8. The van der Waals surface area contributed by atoms with E-state index in [1.165, 1.54) is 24.1 Å². The highest BCUT2D eigenvalue weighted by atomic mass is 16.5. The van der Waals surface area contributed by atoms with Crippen LogP contribution < -0.4 is 10.1 Å². The second-order valence-electron chi connectivity index (χ2n) is 4.96. The van der Waals surface area contributed by atoms with Gasteiger partial charge in [0.1, 0.15) is 5.75 Å². The first-order valence-corrected chi connectivity index (χ1v) is 6.21. The summed E-state index contributed by atoms with van der Waals surface area (Å²) >= 11 is 0. The van der Waals surface area contributed by atoms with Gasteiger partial charge in [0.2, 0.25) is 0 Å². The standard InChI is InChI=1S/C14H18N2O/c1-9-14(17-2)6-12(8-15-9)10-3-4-11-7-16-13(11)5-10/h3,6,8,11,13,16H,4-5,7H2,1-2H3/t11-,13-/m0/s1. The lowest BCUT2D eigenvalue weighted by atomic mass is 9.78. The predicted octanol–water partition coefficient (Wildman–Crippen LogP) is 2.16. The minimum Gasteiger partial charge on any atom is -0.495 e. The Bertz CT molecular complexity index is 467. The van der Waals surface area contributed by atoms with Crippen molar-refractivity contribution < 1.29 is 4.74 Å². The summed E-state index contributed by atoms with van der Waals surface area (Å²) < 4.78 is 5.33. The van der Waals surface area contributed by atoms with E-state index < -0.39 is 0 Å². The molecule has 3 rings (SSSR count). The molecule has 3 heteroatoms. The molecule has 0 amide bonds. The van der Waals surface area contributed by atoms with E-state index in [1.807, 2.05) is 13.1 Å². The molecule has 0 bridgehead atoms. The van der Waals surface area contributed by atoms with Crippen molar-refractivity contribution in [1.29, 1.82) is 0 Å². The maximum absolute atomic E-state index is 5.33. The molecule has 1 aromatic heterocycles.